The minimum absolute atomic E-state index is 0.00314. The molecule has 0 heterocycles. The van der Waals surface area contributed by atoms with Crippen molar-refractivity contribution in [2.45, 2.75) is 44.2 Å². The average Bonchev–Trinajstić information content (AvgIpc) is 2.87. The molecule has 0 saturated heterocycles. The monoisotopic (exact) mass is 446 g/mol. The molecule has 3 aromatic carbocycles. The van der Waals surface area contributed by atoms with Crippen LogP contribution in [0.15, 0.2) is 91.0 Å². The largest absolute Gasteiger partial charge is 0.388 e. The Bertz CT molecular complexity index is 956. The van der Waals surface area contributed by atoms with Crippen LogP contribution in [0, 0.1) is 12.3 Å². The first-order valence-corrected chi connectivity index (χ1v) is 10.9. The van der Waals surface area contributed by atoms with Crippen molar-refractivity contribution in [3.63, 3.8) is 0 Å². The predicted octanol–water partition coefficient (Wildman–Crippen LogP) is 3.73. The van der Waals surface area contributed by atoms with Gasteiger partial charge in [0.05, 0.1) is 26.4 Å². The average molecular weight is 447 g/mol. The maximum absolute atomic E-state index is 11.0. The van der Waals surface area contributed by atoms with Crippen LogP contribution in [-0.2, 0) is 34.0 Å². The lowest BCUT2D eigenvalue weighted by Gasteiger charge is -2.32. The lowest BCUT2D eigenvalue weighted by atomic mass is 10.0. The summed E-state index contributed by atoms with van der Waals surface area (Å²) in [5, 5.41) is 21.5. The third-order valence-electron chi connectivity index (χ3n) is 5.16. The van der Waals surface area contributed by atoms with Gasteiger partial charge in [0.15, 0.2) is 0 Å². The summed E-state index contributed by atoms with van der Waals surface area (Å²) in [6.45, 7) is 0.782. The number of aliphatic hydroxyl groups excluding tert-OH is 2. The summed E-state index contributed by atoms with van der Waals surface area (Å²) in [5.74, 6) is 2.32. The Kier molecular flexibility index (Phi) is 10.1. The lowest BCUT2D eigenvalue weighted by molar-refractivity contribution is -0.167. The summed E-state index contributed by atoms with van der Waals surface area (Å²) >= 11 is 0. The van der Waals surface area contributed by atoms with Gasteiger partial charge in [0, 0.05) is 0 Å². The van der Waals surface area contributed by atoms with E-state index < -0.39 is 24.4 Å². The first kappa shape index (κ1) is 24.7. The van der Waals surface area contributed by atoms with Crippen LogP contribution < -0.4 is 0 Å². The fourth-order valence-electron chi connectivity index (χ4n) is 3.39. The van der Waals surface area contributed by atoms with Crippen LogP contribution in [0.4, 0.5) is 0 Å². The van der Waals surface area contributed by atoms with E-state index in [0.717, 1.165) is 16.7 Å². The van der Waals surface area contributed by atoms with Gasteiger partial charge in [-0.3, -0.25) is 0 Å². The lowest BCUT2D eigenvalue weighted by Crippen LogP contribution is -2.48. The van der Waals surface area contributed by atoms with E-state index in [-0.39, 0.29) is 19.8 Å². The standard InChI is InChI=1S/C28H30O5/c1-2-25(29)27(32-19-23-14-8-4-9-15-23)28(33-20-24-16-10-5-11-17-24)26(30)21-31-18-22-12-6-3-7-13-22/h1,3-17,25-30H,18-21H2/t25-,26+,27-,28-/m1/s1. The van der Waals surface area contributed by atoms with Crippen molar-refractivity contribution in [1.29, 1.82) is 0 Å². The van der Waals surface area contributed by atoms with Crippen LogP contribution in [0.1, 0.15) is 16.7 Å². The summed E-state index contributed by atoms with van der Waals surface area (Å²) in [6.07, 6.45) is 1.32. The molecule has 4 atom stereocenters. The van der Waals surface area contributed by atoms with Crippen LogP contribution in [0.3, 0.4) is 0 Å². The van der Waals surface area contributed by atoms with E-state index in [1.54, 1.807) is 0 Å². The molecule has 0 aliphatic rings. The van der Waals surface area contributed by atoms with Gasteiger partial charge in [0.25, 0.3) is 0 Å². The molecule has 172 valence electrons. The summed E-state index contributed by atoms with van der Waals surface area (Å²) in [5.41, 5.74) is 2.84. The molecule has 0 unspecified atom stereocenters. The number of terminal acetylenes is 1. The van der Waals surface area contributed by atoms with Crippen LogP contribution in [-0.4, -0.2) is 41.2 Å². The van der Waals surface area contributed by atoms with Gasteiger partial charge < -0.3 is 24.4 Å². The Morgan fingerprint density at radius 3 is 1.52 bits per heavy atom. The van der Waals surface area contributed by atoms with Gasteiger partial charge in [-0.1, -0.05) is 96.9 Å². The molecule has 0 bridgehead atoms. The van der Waals surface area contributed by atoms with E-state index in [4.69, 9.17) is 20.6 Å². The Hall–Kier alpha value is -2.98. The van der Waals surface area contributed by atoms with E-state index in [1.807, 2.05) is 91.0 Å². The molecule has 5 nitrogen and oxygen atoms in total. The quantitative estimate of drug-likeness (QED) is 0.392. The normalized spacial score (nSPS) is 14.7. The van der Waals surface area contributed by atoms with Crippen LogP contribution in [0.2, 0.25) is 0 Å². The highest BCUT2D eigenvalue weighted by atomic mass is 16.6. The van der Waals surface area contributed by atoms with Gasteiger partial charge in [-0.2, -0.15) is 0 Å². The van der Waals surface area contributed by atoms with Crippen molar-refractivity contribution >= 4 is 0 Å². The molecule has 3 rings (SSSR count). The molecule has 0 radical (unpaired) electrons. The minimum Gasteiger partial charge on any atom is -0.388 e. The smallest absolute Gasteiger partial charge is 0.143 e. The van der Waals surface area contributed by atoms with Crippen LogP contribution >= 0.6 is 0 Å². The van der Waals surface area contributed by atoms with E-state index in [9.17, 15) is 10.2 Å². The zero-order valence-corrected chi connectivity index (χ0v) is 18.5. The topological polar surface area (TPSA) is 68.2 Å². The SMILES string of the molecule is C#C[C@@H](O)[C@@H](OCc1ccccc1)[C@H](OCc1ccccc1)[C@@H](O)COCc1ccccc1. The van der Waals surface area contributed by atoms with Gasteiger partial charge in [-0.05, 0) is 16.7 Å². The third kappa shape index (κ3) is 8.14. The first-order chi connectivity index (χ1) is 16.2. The fourth-order valence-corrected chi connectivity index (χ4v) is 3.39. The summed E-state index contributed by atoms with van der Waals surface area (Å²) in [6, 6.07) is 28.8. The number of hydrogen-bond donors (Lipinski definition) is 2. The number of hydrogen-bond acceptors (Lipinski definition) is 5. The fraction of sp³-hybridized carbons (Fsp3) is 0.286. The van der Waals surface area contributed by atoms with Crippen molar-refractivity contribution in [2.75, 3.05) is 6.61 Å². The van der Waals surface area contributed by atoms with Crippen molar-refractivity contribution in [2.24, 2.45) is 0 Å². The first-order valence-electron chi connectivity index (χ1n) is 10.9. The molecule has 5 heteroatoms. The Balaban J connectivity index is 1.70. The molecular formula is C28H30O5. The molecule has 0 saturated carbocycles. The second-order valence-electron chi connectivity index (χ2n) is 7.70. The molecule has 0 spiro atoms. The zero-order valence-electron chi connectivity index (χ0n) is 18.5. The molecule has 0 aliphatic heterocycles. The predicted molar refractivity (Wildman–Crippen MR) is 127 cm³/mol. The Labute approximate surface area is 195 Å². The van der Waals surface area contributed by atoms with Gasteiger partial charge in [-0.15, -0.1) is 6.42 Å². The molecule has 33 heavy (non-hydrogen) atoms. The zero-order chi connectivity index (χ0) is 23.3. The van der Waals surface area contributed by atoms with Crippen LogP contribution in [0.5, 0.6) is 0 Å². The maximum Gasteiger partial charge on any atom is 0.143 e. The molecule has 0 aliphatic carbocycles. The summed E-state index contributed by atoms with van der Waals surface area (Å²) in [4.78, 5) is 0. The third-order valence-corrected chi connectivity index (χ3v) is 5.16. The highest BCUT2D eigenvalue weighted by molar-refractivity contribution is 5.15. The van der Waals surface area contributed by atoms with Gasteiger partial charge in [0.1, 0.15) is 24.4 Å². The second-order valence-corrected chi connectivity index (χ2v) is 7.70. The van der Waals surface area contributed by atoms with Crippen LogP contribution in [0.25, 0.3) is 0 Å². The van der Waals surface area contributed by atoms with E-state index in [2.05, 4.69) is 5.92 Å². The van der Waals surface area contributed by atoms with E-state index >= 15 is 0 Å². The van der Waals surface area contributed by atoms with Crippen molar-refractivity contribution in [3.8, 4) is 12.3 Å². The molecule has 3 aromatic rings. The number of aliphatic hydroxyl groups is 2. The van der Waals surface area contributed by atoms with E-state index in [1.165, 1.54) is 0 Å². The maximum atomic E-state index is 11.0. The molecule has 0 fully saturated rings. The summed E-state index contributed by atoms with van der Waals surface area (Å²) < 4.78 is 17.8. The molecule has 0 amide bonds. The van der Waals surface area contributed by atoms with Crippen molar-refractivity contribution in [1.82, 2.24) is 0 Å². The Morgan fingerprint density at radius 2 is 1.06 bits per heavy atom. The highest BCUT2D eigenvalue weighted by Gasteiger charge is 2.35. The number of rotatable bonds is 13. The minimum atomic E-state index is -1.27. The molecule has 2 N–H and O–H groups in total. The van der Waals surface area contributed by atoms with Crippen molar-refractivity contribution in [3.05, 3.63) is 108 Å². The number of benzene rings is 3. The summed E-state index contributed by atoms with van der Waals surface area (Å²) in [7, 11) is 0. The molecular weight excluding hydrogens is 416 g/mol. The number of ether oxygens (including phenoxy) is 3. The Morgan fingerprint density at radius 1 is 0.636 bits per heavy atom. The van der Waals surface area contributed by atoms with E-state index in [0.29, 0.717) is 6.61 Å². The molecule has 0 aromatic heterocycles. The highest BCUT2D eigenvalue weighted by Crippen LogP contribution is 2.19. The van der Waals surface area contributed by atoms with Crippen molar-refractivity contribution < 1.29 is 24.4 Å². The second kappa shape index (κ2) is 13.5. The van der Waals surface area contributed by atoms with Gasteiger partial charge >= 0.3 is 0 Å². The van der Waals surface area contributed by atoms with Gasteiger partial charge in [0.2, 0.25) is 0 Å². The van der Waals surface area contributed by atoms with Gasteiger partial charge in [-0.25, -0.2) is 0 Å².